The van der Waals surface area contributed by atoms with Crippen molar-refractivity contribution in [1.82, 2.24) is 24.4 Å². The first-order chi connectivity index (χ1) is 19.4. The smallest absolute Gasteiger partial charge is 0.226 e. The molecule has 3 aliphatic rings. The molecule has 0 spiro atoms. The number of carbonyl (C=O) groups excluding carboxylic acids is 1. The van der Waals surface area contributed by atoms with Gasteiger partial charge in [-0.1, -0.05) is 19.3 Å². The molecular formula is C27H34F3N7O3. The van der Waals surface area contributed by atoms with Crippen molar-refractivity contribution < 1.29 is 27.8 Å². The highest BCUT2D eigenvalue weighted by molar-refractivity contribution is 5.79. The number of nitrogens with zero attached hydrogens (tertiary/aromatic N) is 5. The number of ether oxygens (including phenoxy) is 1. The first kappa shape index (κ1) is 28.1. The summed E-state index contributed by atoms with van der Waals surface area (Å²) in [4.78, 5) is 26.4. The molecular weight excluding hydrogens is 527 g/mol. The second-order valence-electron chi connectivity index (χ2n) is 10.5. The van der Waals surface area contributed by atoms with Crippen LogP contribution in [0.3, 0.4) is 0 Å². The molecule has 1 aromatic carbocycles. The summed E-state index contributed by atoms with van der Waals surface area (Å²) in [5.74, 6) is -2.36. The lowest BCUT2D eigenvalue weighted by Gasteiger charge is -2.29. The van der Waals surface area contributed by atoms with Gasteiger partial charge in [-0.15, -0.1) is 0 Å². The number of amides is 1. The highest BCUT2D eigenvalue weighted by Crippen LogP contribution is 2.32. The maximum absolute atomic E-state index is 14.0. The van der Waals surface area contributed by atoms with Crippen LogP contribution in [0.2, 0.25) is 0 Å². The number of nitrogen functional groups attached to an aromatic ring is 1. The second-order valence-corrected chi connectivity index (χ2v) is 10.5. The van der Waals surface area contributed by atoms with Crippen molar-refractivity contribution in [3.63, 3.8) is 0 Å². The van der Waals surface area contributed by atoms with Crippen molar-refractivity contribution in [2.45, 2.75) is 63.5 Å². The molecule has 216 valence electrons. The Morgan fingerprint density at radius 2 is 1.82 bits per heavy atom. The summed E-state index contributed by atoms with van der Waals surface area (Å²) in [6.07, 6.45) is 9.96. The average molecular weight is 562 g/mol. The van der Waals surface area contributed by atoms with Crippen LogP contribution in [0.15, 0.2) is 18.3 Å². The number of aliphatic hydroxyl groups is 1. The third-order valence-corrected chi connectivity index (χ3v) is 7.79. The van der Waals surface area contributed by atoms with Crippen LogP contribution in [0, 0.1) is 23.4 Å². The number of carbonyl (C=O) groups is 1. The quantitative estimate of drug-likeness (QED) is 0.425. The van der Waals surface area contributed by atoms with E-state index in [9.17, 15) is 23.1 Å². The summed E-state index contributed by atoms with van der Waals surface area (Å²) in [7, 11) is 0. The molecule has 1 amide bonds. The van der Waals surface area contributed by atoms with Crippen molar-refractivity contribution in [1.29, 1.82) is 0 Å². The molecule has 10 nitrogen and oxygen atoms in total. The largest absolute Gasteiger partial charge is 0.394 e. The van der Waals surface area contributed by atoms with Gasteiger partial charge < -0.3 is 25.8 Å². The van der Waals surface area contributed by atoms with Crippen molar-refractivity contribution in [3.05, 3.63) is 35.8 Å². The van der Waals surface area contributed by atoms with Crippen LogP contribution in [-0.4, -0.2) is 67.8 Å². The molecule has 2 unspecified atom stereocenters. The Bertz CT molecular complexity index is 1320. The highest BCUT2D eigenvalue weighted by atomic mass is 19.1. The fraction of sp³-hybridized carbons (Fsp3) is 0.556. The Hall–Kier alpha value is -3.45. The molecule has 0 radical (unpaired) electrons. The molecule has 1 aliphatic carbocycles. The third kappa shape index (κ3) is 5.99. The lowest BCUT2D eigenvalue weighted by Crippen LogP contribution is -2.41. The molecule has 2 atom stereocenters. The molecule has 4 N–H and O–H groups in total. The van der Waals surface area contributed by atoms with E-state index in [1.807, 2.05) is 4.90 Å². The number of aliphatic hydroxyl groups excluding tert-OH is 1. The summed E-state index contributed by atoms with van der Waals surface area (Å²) in [5.41, 5.74) is 5.97. The Balaban J connectivity index is 0.000000184. The van der Waals surface area contributed by atoms with Gasteiger partial charge in [-0.25, -0.2) is 23.1 Å². The number of halogens is 3. The first-order valence-electron chi connectivity index (χ1n) is 13.8. The fourth-order valence-corrected chi connectivity index (χ4v) is 5.74. The number of fused-ring (bicyclic) bond motifs is 1. The van der Waals surface area contributed by atoms with E-state index >= 15 is 0 Å². The molecule has 2 saturated heterocycles. The predicted molar refractivity (Wildman–Crippen MR) is 142 cm³/mol. The molecule has 2 aromatic heterocycles. The minimum atomic E-state index is -1.07. The minimum absolute atomic E-state index is 0.0539. The lowest BCUT2D eigenvalue weighted by atomic mass is 9.88. The Labute approximate surface area is 229 Å². The standard InChI is InChI=1S/C15H13F3N6O.C12H21NO2/c16-7-3-9(17)12(10(18)4-7)22-15-21-11-5-20-14(19)23-13(11)24(15)8-1-2-25-6-8;14-9-11-7-4-8-13(11)12(15)10-5-2-1-3-6-10/h3-5,8H,1-2,6H2,(H,21,22)(H2,19,20,23);10-11,14H,1-9H2. The lowest BCUT2D eigenvalue weighted by molar-refractivity contribution is -0.138. The van der Waals surface area contributed by atoms with E-state index in [0.29, 0.717) is 48.8 Å². The van der Waals surface area contributed by atoms with E-state index in [-0.39, 0.29) is 36.5 Å². The predicted octanol–water partition coefficient (Wildman–Crippen LogP) is 4.08. The number of imidazole rings is 1. The zero-order valence-electron chi connectivity index (χ0n) is 22.2. The summed E-state index contributed by atoms with van der Waals surface area (Å²) in [6.45, 7) is 1.95. The molecule has 0 bridgehead atoms. The fourth-order valence-electron chi connectivity index (χ4n) is 5.74. The van der Waals surface area contributed by atoms with Gasteiger partial charge in [0.2, 0.25) is 17.8 Å². The molecule has 2 aliphatic heterocycles. The number of likely N-dealkylation sites (tertiary alicyclic amines) is 1. The van der Waals surface area contributed by atoms with Gasteiger partial charge in [-0.05, 0) is 32.1 Å². The Morgan fingerprint density at radius 1 is 1.07 bits per heavy atom. The van der Waals surface area contributed by atoms with E-state index in [0.717, 1.165) is 32.2 Å². The minimum Gasteiger partial charge on any atom is -0.394 e. The number of aromatic nitrogens is 4. The number of hydrogen-bond acceptors (Lipinski definition) is 8. The molecule has 4 heterocycles. The third-order valence-electron chi connectivity index (χ3n) is 7.79. The van der Waals surface area contributed by atoms with E-state index in [1.54, 1.807) is 4.57 Å². The number of benzene rings is 1. The van der Waals surface area contributed by atoms with Gasteiger partial charge in [-0.3, -0.25) is 9.36 Å². The molecule has 6 rings (SSSR count). The summed E-state index contributed by atoms with van der Waals surface area (Å²) >= 11 is 0. The topological polar surface area (TPSA) is 131 Å². The monoisotopic (exact) mass is 561 g/mol. The van der Waals surface area contributed by atoms with Gasteiger partial charge >= 0.3 is 0 Å². The normalized spacial score (nSPS) is 21.4. The van der Waals surface area contributed by atoms with Gasteiger partial charge in [0.15, 0.2) is 17.3 Å². The van der Waals surface area contributed by atoms with Crippen molar-refractivity contribution in [3.8, 4) is 0 Å². The van der Waals surface area contributed by atoms with Crippen molar-refractivity contribution in [2.24, 2.45) is 5.92 Å². The molecule has 1 saturated carbocycles. The zero-order chi connectivity index (χ0) is 28.2. The number of nitrogens with two attached hydrogens (primary N) is 1. The Morgan fingerprint density at radius 3 is 2.50 bits per heavy atom. The number of rotatable bonds is 5. The summed E-state index contributed by atoms with van der Waals surface area (Å²) < 4.78 is 48.1. The number of nitrogens with one attached hydrogen (secondary N) is 1. The SMILES string of the molecule is Nc1ncc2nc(Nc3c(F)cc(F)cc3F)n(C3CCOC3)c2n1.O=C(C1CCCCC1)N1CCCC1CO. The molecule has 3 aromatic rings. The van der Waals surface area contributed by atoms with Crippen LogP contribution in [-0.2, 0) is 9.53 Å². The summed E-state index contributed by atoms with van der Waals surface area (Å²) in [6, 6.07) is 1.16. The maximum Gasteiger partial charge on any atom is 0.226 e. The van der Waals surface area contributed by atoms with Crippen LogP contribution in [0.25, 0.3) is 11.2 Å². The molecule has 40 heavy (non-hydrogen) atoms. The van der Waals surface area contributed by atoms with Gasteiger partial charge in [0.25, 0.3) is 0 Å². The van der Waals surface area contributed by atoms with Gasteiger partial charge in [0.05, 0.1) is 31.5 Å². The summed E-state index contributed by atoms with van der Waals surface area (Å²) in [5, 5.41) is 11.8. The maximum atomic E-state index is 14.0. The average Bonchev–Trinajstić information content (AvgIpc) is 3.71. The van der Waals surface area contributed by atoms with E-state index in [2.05, 4.69) is 20.3 Å². The van der Waals surface area contributed by atoms with Crippen molar-refractivity contribution in [2.75, 3.05) is 37.4 Å². The van der Waals surface area contributed by atoms with Crippen LogP contribution in [0.1, 0.15) is 57.4 Å². The van der Waals surface area contributed by atoms with Crippen LogP contribution < -0.4 is 11.1 Å². The van der Waals surface area contributed by atoms with E-state index in [4.69, 9.17) is 10.5 Å². The molecule has 3 fully saturated rings. The van der Waals surface area contributed by atoms with Crippen LogP contribution in [0.5, 0.6) is 0 Å². The zero-order valence-corrected chi connectivity index (χ0v) is 22.2. The first-order valence-corrected chi connectivity index (χ1v) is 13.8. The van der Waals surface area contributed by atoms with E-state index < -0.39 is 23.1 Å². The number of anilines is 3. The van der Waals surface area contributed by atoms with Gasteiger partial charge in [0, 0.05) is 31.2 Å². The highest BCUT2D eigenvalue weighted by Gasteiger charge is 2.33. The van der Waals surface area contributed by atoms with Crippen LogP contribution in [0.4, 0.5) is 30.8 Å². The van der Waals surface area contributed by atoms with Crippen LogP contribution >= 0.6 is 0 Å². The van der Waals surface area contributed by atoms with Crippen molar-refractivity contribution >= 4 is 34.7 Å². The van der Waals surface area contributed by atoms with Gasteiger partial charge in [0.1, 0.15) is 17.0 Å². The number of hydrogen-bond donors (Lipinski definition) is 3. The Kier molecular flexibility index (Phi) is 8.69. The van der Waals surface area contributed by atoms with E-state index in [1.165, 1.54) is 25.5 Å². The second kappa shape index (κ2) is 12.4. The molecule has 13 heteroatoms. The van der Waals surface area contributed by atoms with Gasteiger partial charge in [-0.2, -0.15) is 4.98 Å².